The normalized spacial score (nSPS) is 19.0. The van der Waals surface area contributed by atoms with E-state index in [1.54, 1.807) is 6.07 Å². The smallest absolute Gasteiger partial charge is 0.308 e. The number of aliphatic carboxylic acids is 1. The molecule has 142 valence electrons. The van der Waals surface area contributed by atoms with E-state index in [1.807, 2.05) is 0 Å². The predicted octanol–water partition coefficient (Wildman–Crippen LogP) is 2.18. The molecule has 1 aromatic heterocycles. The molecule has 0 spiro atoms. The molecule has 8 heteroatoms. The lowest BCUT2D eigenvalue weighted by Gasteiger charge is -2.18. The molecule has 1 aromatic carbocycles. The van der Waals surface area contributed by atoms with Crippen LogP contribution in [0.15, 0.2) is 36.4 Å². The fourth-order valence-corrected chi connectivity index (χ4v) is 3.32. The van der Waals surface area contributed by atoms with E-state index < -0.39 is 29.5 Å². The molecule has 0 unspecified atom stereocenters. The van der Waals surface area contributed by atoms with E-state index in [9.17, 15) is 19.1 Å². The molecule has 7 nitrogen and oxygen atoms in total. The Morgan fingerprint density at radius 1 is 1.19 bits per heavy atom. The first kappa shape index (κ1) is 18.6. The summed E-state index contributed by atoms with van der Waals surface area (Å²) in [6.45, 7) is 0.180. The lowest BCUT2D eigenvalue weighted by Crippen LogP contribution is -2.30. The van der Waals surface area contributed by atoms with Crippen molar-refractivity contribution < 1.29 is 28.6 Å². The highest BCUT2D eigenvalue weighted by Gasteiger charge is 2.41. The number of benzene rings is 1. The second kappa shape index (κ2) is 7.61. The highest BCUT2D eigenvalue weighted by Crippen LogP contribution is 2.35. The molecule has 1 fully saturated rings. The van der Waals surface area contributed by atoms with Crippen LogP contribution in [-0.4, -0.2) is 54.2 Å². The highest BCUT2D eigenvalue weighted by atomic mass is 19.1. The predicted molar refractivity (Wildman–Crippen MR) is 93.5 cm³/mol. The van der Waals surface area contributed by atoms with Gasteiger partial charge in [0.15, 0.2) is 0 Å². The highest BCUT2D eigenvalue weighted by molar-refractivity contribution is 5.97. The maximum absolute atomic E-state index is 13.6. The monoisotopic (exact) mass is 374 g/mol. The van der Waals surface area contributed by atoms with E-state index in [1.165, 1.54) is 49.5 Å². The number of aromatic nitrogens is 1. The lowest BCUT2D eigenvalue weighted by molar-refractivity contribution is -0.141. The number of ether oxygens (including phenoxy) is 2. The number of likely N-dealkylation sites (tertiary alicyclic amines) is 1. The maximum Gasteiger partial charge on any atom is 0.308 e. The molecular formula is C19H19FN2O5. The molecule has 1 aliphatic rings. The second-order valence-corrected chi connectivity index (χ2v) is 6.23. The molecule has 0 aliphatic carbocycles. The minimum absolute atomic E-state index is 0.0184. The molecule has 27 heavy (non-hydrogen) atoms. The topological polar surface area (TPSA) is 89.0 Å². The van der Waals surface area contributed by atoms with Gasteiger partial charge in [0.05, 0.1) is 20.1 Å². The van der Waals surface area contributed by atoms with Crippen molar-refractivity contribution >= 4 is 11.9 Å². The van der Waals surface area contributed by atoms with Crippen LogP contribution in [0.4, 0.5) is 4.39 Å². The van der Waals surface area contributed by atoms with E-state index in [2.05, 4.69) is 4.98 Å². The summed E-state index contributed by atoms with van der Waals surface area (Å²) in [4.78, 5) is 30.2. The van der Waals surface area contributed by atoms with Crippen LogP contribution in [0.3, 0.4) is 0 Å². The third kappa shape index (κ3) is 3.69. The molecule has 1 saturated heterocycles. The van der Waals surface area contributed by atoms with Gasteiger partial charge < -0.3 is 19.5 Å². The number of pyridine rings is 1. The van der Waals surface area contributed by atoms with Crippen LogP contribution in [0.25, 0.3) is 0 Å². The van der Waals surface area contributed by atoms with Gasteiger partial charge in [-0.1, -0.05) is 12.1 Å². The van der Waals surface area contributed by atoms with Crippen molar-refractivity contribution in [2.24, 2.45) is 5.92 Å². The minimum atomic E-state index is -1.03. The number of hydrogen-bond acceptors (Lipinski definition) is 5. The largest absolute Gasteiger partial charge is 0.481 e. The van der Waals surface area contributed by atoms with Gasteiger partial charge in [0.1, 0.15) is 11.4 Å². The fourth-order valence-electron chi connectivity index (χ4n) is 3.32. The van der Waals surface area contributed by atoms with Gasteiger partial charge in [-0.05, 0) is 23.8 Å². The Kier molecular flexibility index (Phi) is 5.25. The SMILES string of the molecule is COc1ccc(C(=O)N2C[C@@H](C(=O)O)[C@H](c3cccc(F)c3)C2)c(OC)n1. The van der Waals surface area contributed by atoms with E-state index in [0.29, 0.717) is 11.4 Å². The van der Waals surface area contributed by atoms with Crippen LogP contribution in [0.1, 0.15) is 21.8 Å². The molecule has 1 amide bonds. The van der Waals surface area contributed by atoms with Crippen LogP contribution in [0, 0.1) is 11.7 Å². The second-order valence-electron chi connectivity index (χ2n) is 6.23. The van der Waals surface area contributed by atoms with Crippen molar-refractivity contribution in [1.82, 2.24) is 9.88 Å². The van der Waals surface area contributed by atoms with E-state index in [4.69, 9.17) is 9.47 Å². The van der Waals surface area contributed by atoms with Crippen molar-refractivity contribution in [3.05, 3.63) is 53.3 Å². The van der Waals surface area contributed by atoms with Crippen LogP contribution in [0.5, 0.6) is 11.8 Å². The Hall–Kier alpha value is -3.16. The van der Waals surface area contributed by atoms with Crippen LogP contribution >= 0.6 is 0 Å². The van der Waals surface area contributed by atoms with Crippen molar-refractivity contribution in [3.8, 4) is 11.8 Å². The molecule has 0 saturated carbocycles. The van der Waals surface area contributed by atoms with Gasteiger partial charge in [-0.3, -0.25) is 9.59 Å². The molecule has 0 bridgehead atoms. The summed E-state index contributed by atoms with van der Waals surface area (Å²) in [5.74, 6) is -2.80. The first-order valence-corrected chi connectivity index (χ1v) is 8.31. The van der Waals surface area contributed by atoms with Gasteiger partial charge in [0.2, 0.25) is 11.8 Å². The number of carboxylic acids is 1. The van der Waals surface area contributed by atoms with Crippen molar-refractivity contribution in [1.29, 1.82) is 0 Å². The Morgan fingerprint density at radius 3 is 2.59 bits per heavy atom. The van der Waals surface area contributed by atoms with Crippen molar-refractivity contribution in [2.45, 2.75) is 5.92 Å². The number of rotatable bonds is 5. The Labute approximate surface area is 155 Å². The summed E-state index contributed by atoms with van der Waals surface area (Å²) in [6.07, 6.45) is 0. The fraction of sp³-hybridized carbons (Fsp3) is 0.316. The van der Waals surface area contributed by atoms with Gasteiger partial charge in [0, 0.05) is 25.1 Å². The van der Waals surface area contributed by atoms with Crippen molar-refractivity contribution in [2.75, 3.05) is 27.3 Å². The molecular weight excluding hydrogens is 355 g/mol. The Balaban J connectivity index is 1.90. The third-order valence-electron chi connectivity index (χ3n) is 4.67. The zero-order valence-corrected chi connectivity index (χ0v) is 14.9. The quantitative estimate of drug-likeness (QED) is 0.863. The molecule has 2 heterocycles. The summed E-state index contributed by atoms with van der Waals surface area (Å²) >= 11 is 0. The van der Waals surface area contributed by atoms with E-state index >= 15 is 0 Å². The zero-order chi connectivity index (χ0) is 19.6. The van der Waals surface area contributed by atoms with Crippen molar-refractivity contribution in [3.63, 3.8) is 0 Å². The number of carbonyl (C=O) groups is 2. The molecule has 1 aliphatic heterocycles. The third-order valence-corrected chi connectivity index (χ3v) is 4.67. The molecule has 0 radical (unpaired) electrons. The zero-order valence-electron chi connectivity index (χ0n) is 14.9. The number of hydrogen-bond donors (Lipinski definition) is 1. The first-order chi connectivity index (χ1) is 12.9. The summed E-state index contributed by atoms with van der Waals surface area (Å²) in [6, 6.07) is 8.87. The lowest BCUT2D eigenvalue weighted by atomic mass is 9.89. The van der Waals surface area contributed by atoms with Gasteiger partial charge >= 0.3 is 5.97 Å². The molecule has 2 aromatic rings. The van der Waals surface area contributed by atoms with Gasteiger partial charge in [0.25, 0.3) is 5.91 Å². The number of carbonyl (C=O) groups excluding carboxylic acids is 1. The van der Waals surface area contributed by atoms with E-state index in [-0.39, 0.29) is 24.5 Å². The molecule has 2 atom stereocenters. The maximum atomic E-state index is 13.6. The number of nitrogens with zero attached hydrogens (tertiary/aromatic N) is 2. The van der Waals surface area contributed by atoms with Crippen LogP contribution < -0.4 is 9.47 Å². The van der Waals surface area contributed by atoms with Gasteiger partial charge in [-0.15, -0.1) is 0 Å². The number of methoxy groups -OCH3 is 2. The van der Waals surface area contributed by atoms with E-state index in [0.717, 1.165) is 0 Å². The number of amides is 1. The molecule has 3 rings (SSSR count). The summed E-state index contributed by atoms with van der Waals surface area (Å²) in [5.41, 5.74) is 0.764. The average Bonchev–Trinajstić information content (AvgIpc) is 3.12. The van der Waals surface area contributed by atoms with Crippen LogP contribution in [-0.2, 0) is 4.79 Å². The summed E-state index contributed by atoms with van der Waals surface area (Å²) in [5, 5.41) is 9.57. The first-order valence-electron chi connectivity index (χ1n) is 8.31. The summed E-state index contributed by atoms with van der Waals surface area (Å²) in [7, 11) is 2.84. The Morgan fingerprint density at radius 2 is 1.96 bits per heavy atom. The average molecular weight is 374 g/mol. The van der Waals surface area contributed by atoms with Crippen LogP contribution in [0.2, 0.25) is 0 Å². The van der Waals surface area contributed by atoms with Gasteiger partial charge in [-0.2, -0.15) is 4.98 Å². The standard InChI is InChI=1S/C19H19FN2O5/c1-26-16-7-6-13(17(21-16)27-2)18(23)22-9-14(15(10-22)19(24)25)11-4-3-5-12(20)8-11/h3-8,14-15H,9-10H2,1-2H3,(H,24,25)/t14-,15+/m0/s1. The minimum Gasteiger partial charge on any atom is -0.481 e. The number of carboxylic acid groups (broad SMARTS) is 1. The summed E-state index contributed by atoms with van der Waals surface area (Å²) < 4.78 is 23.8. The molecule has 1 N–H and O–H groups in total. The Bertz CT molecular complexity index is 873. The van der Waals surface area contributed by atoms with Gasteiger partial charge in [-0.25, -0.2) is 4.39 Å². The number of halogens is 1.